The number of aryl methyl sites for hydroxylation is 2. The maximum absolute atomic E-state index is 13.7. The number of phenolic OH excluding ortho intramolecular Hbond substituents is 1. The molecule has 1 saturated heterocycles. The van der Waals surface area contributed by atoms with Crippen molar-refractivity contribution >= 4 is 41.1 Å². The average molecular weight is 917 g/mol. The number of benzene rings is 3. The topological polar surface area (TPSA) is 309 Å². The van der Waals surface area contributed by atoms with Gasteiger partial charge in [-0.3, -0.25) is 10.1 Å². The molecule has 66 heavy (non-hydrogen) atoms. The Balaban J connectivity index is 1.34. The smallest absolute Gasteiger partial charge is 0.337 e. The lowest BCUT2D eigenvalue weighted by atomic mass is 9.76. The van der Waals surface area contributed by atoms with E-state index in [9.17, 15) is 60.0 Å². The van der Waals surface area contributed by atoms with E-state index in [0.29, 0.717) is 28.8 Å². The molecule has 1 aromatic heterocycles. The van der Waals surface area contributed by atoms with E-state index < -0.39 is 85.1 Å². The number of carboxylic acids is 1. The number of carbonyl (C=O) groups is 3. The summed E-state index contributed by atoms with van der Waals surface area (Å²) in [7, 11) is 0. The summed E-state index contributed by atoms with van der Waals surface area (Å²) in [5.74, 6) is -7.04. The fraction of sp³-hybridized carbons (Fsp3) is 0.370. The number of rotatable bonds is 19. The Labute approximate surface area is 375 Å². The second-order valence-electron chi connectivity index (χ2n) is 16.3. The molecular formula is C46H50N3O17+. The summed E-state index contributed by atoms with van der Waals surface area (Å²) in [5.41, 5.74) is 1.38. The third-order valence-corrected chi connectivity index (χ3v) is 11.6. The molecule has 9 atom stereocenters. The Hall–Kier alpha value is -6.17. The van der Waals surface area contributed by atoms with E-state index in [0.717, 1.165) is 16.7 Å². The number of fused-ring (bicyclic) bond motifs is 2. The molecule has 3 aliphatic rings. The van der Waals surface area contributed by atoms with Crippen LogP contribution in [0.25, 0.3) is 27.8 Å². The highest BCUT2D eigenvalue weighted by Crippen LogP contribution is 2.41. The van der Waals surface area contributed by atoms with Gasteiger partial charge in [-0.25, -0.2) is 14.6 Å². The summed E-state index contributed by atoms with van der Waals surface area (Å²) < 4.78 is 23.5. The minimum absolute atomic E-state index is 0.00431. The molecule has 20 heteroatoms. The molecule has 7 rings (SSSR count). The molecule has 0 amide bonds. The number of aliphatic hydroxyl groups is 6. The standard InChI is InChI=1S/C46H49N3O17/c1-24-17-25(2)19-28(18-24)37-35-27(12-14-48-35)21-49(37)66-41-44(63-30-10-11-31-33(20-30)62-22-32(38(31)55)26-6-8-29(53)9-7-26)64-40(39(56)46(41,61)34(54)5-3-15-50)45(60,23-52)65-43(59)36(42(57)58)47-13-4-16-51/h6-12,14,16-20,22,34,36,39-41,44,47,50,52-54,56,60-61H,3-5,13,15,21,23H2,1-2H3,(H,57,58)/p+1. The molecule has 3 aromatic carbocycles. The quantitative estimate of drug-likeness (QED) is 0.0187. The van der Waals surface area contributed by atoms with Gasteiger partial charge in [-0.2, -0.15) is 9.90 Å². The van der Waals surface area contributed by atoms with Gasteiger partial charge in [-0.1, -0.05) is 29.3 Å². The molecular weight excluding hydrogens is 867 g/mol. The predicted molar refractivity (Wildman–Crippen MR) is 231 cm³/mol. The normalized spacial score (nSPS) is 24.4. The lowest BCUT2D eigenvalue weighted by Gasteiger charge is -2.53. The average Bonchev–Trinajstić information content (AvgIpc) is 3.88. The van der Waals surface area contributed by atoms with Gasteiger partial charge in [0.2, 0.25) is 18.4 Å². The number of nitrogens with zero attached hydrogens (tertiary/aromatic N) is 1. The SMILES string of the molecule is Cc1cc(C)cc(C2=C3N=CC=C3C[NH+]2OC2C(Oc3ccc4c(=O)c(-c5ccc(O)cc5)coc4c3)OC(C(O)(CO)OC(=O)C(NCCC=O)C(=O)O)C(O)C2(O)C(O)CCCO)c1. The first-order chi connectivity index (χ1) is 31.5. The van der Waals surface area contributed by atoms with Crippen molar-refractivity contribution in [3.8, 4) is 22.6 Å². The minimum Gasteiger partial charge on any atom is -0.508 e. The van der Waals surface area contributed by atoms with Crippen molar-refractivity contribution in [2.45, 2.75) is 81.2 Å². The highest BCUT2D eigenvalue weighted by Gasteiger charge is 2.68. The van der Waals surface area contributed by atoms with Crippen molar-refractivity contribution in [1.82, 2.24) is 5.32 Å². The number of hydroxylamine groups is 2. The van der Waals surface area contributed by atoms with Crippen LogP contribution in [0.15, 0.2) is 98.5 Å². The van der Waals surface area contributed by atoms with E-state index in [1.807, 2.05) is 32.0 Å². The number of allylic oxidation sites excluding steroid dienone is 1. The van der Waals surface area contributed by atoms with Crippen molar-refractivity contribution in [3.05, 3.63) is 111 Å². The van der Waals surface area contributed by atoms with E-state index in [1.54, 1.807) is 12.3 Å². The third-order valence-electron chi connectivity index (χ3n) is 11.6. The number of aldehydes is 1. The highest BCUT2D eigenvalue weighted by atomic mass is 16.8. The molecule has 1 fully saturated rings. The summed E-state index contributed by atoms with van der Waals surface area (Å²) in [4.78, 5) is 61.3. The Morgan fingerprint density at radius 3 is 2.47 bits per heavy atom. The number of hydrogen-bond acceptors (Lipinski definition) is 18. The number of esters is 1. The van der Waals surface area contributed by atoms with Gasteiger partial charge in [-0.05, 0) is 74.7 Å². The number of aliphatic hydroxyl groups excluding tert-OH is 4. The molecule has 10 N–H and O–H groups in total. The van der Waals surface area contributed by atoms with E-state index in [-0.39, 0.29) is 59.0 Å². The van der Waals surface area contributed by atoms with E-state index in [2.05, 4.69) is 10.3 Å². The van der Waals surface area contributed by atoms with Gasteiger partial charge < -0.3 is 64.3 Å². The number of aromatic hydroxyl groups is 1. The van der Waals surface area contributed by atoms with Gasteiger partial charge in [0.25, 0.3) is 5.79 Å². The second kappa shape index (κ2) is 19.7. The van der Waals surface area contributed by atoms with Crippen LogP contribution in [0.3, 0.4) is 0 Å². The Bertz CT molecular complexity index is 2610. The number of ether oxygens (including phenoxy) is 3. The zero-order valence-corrected chi connectivity index (χ0v) is 35.7. The molecule has 0 bridgehead atoms. The molecule has 4 heterocycles. The summed E-state index contributed by atoms with van der Waals surface area (Å²) >= 11 is 0. The molecule has 0 radical (unpaired) electrons. The lowest BCUT2D eigenvalue weighted by Crippen LogP contribution is -3.09. The number of aliphatic imine (C=N–C) groups is 1. The van der Waals surface area contributed by atoms with Gasteiger partial charge >= 0.3 is 11.9 Å². The molecule has 4 aromatic rings. The summed E-state index contributed by atoms with van der Waals surface area (Å²) in [5, 5.41) is 91.5. The molecule has 20 nitrogen and oxygen atoms in total. The van der Waals surface area contributed by atoms with Crippen LogP contribution < -0.4 is 20.5 Å². The molecule has 3 aliphatic heterocycles. The summed E-state index contributed by atoms with van der Waals surface area (Å²) in [6.45, 7) is 1.49. The van der Waals surface area contributed by atoms with Crippen molar-refractivity contribution < 1.29 is 83.8 Å². The van der Waals surface area contributed by atoms with Crippen LogP contribution in [0.1, 0.15) is 36.0 Å². The lowest BCUT2D eigenvalue weighted by molar-refractivity contribution is -1.04. The molecule has 350 valence electrons. The van der Waals surface area contributed by atoms with E-state index in [1.165, 1.54) is 48.7 Å². The maximum Gasteiger partial charge on any atom is 0.337 e. The number of aliphatic carboxylic acids is 1. The first-order valence-corrected chi connectivity index (χ1v) is 20.9. The van der Waals surface area contributed by atoms with Crippen molar-refractivity contribution in [2.75, 3.05) is 26.3 Å². The van der Waals surface area contributed by atoms with Crippen molar-refractivity contribution in [3.63, 3.8) is 0 Å². The maximum atomic E-state index is 13.7. The van der Waals surface area contributed by atoms with Crippen LogP contribution >= 0.6 is 0 Å². The van der Waals surface area contributed by atoms with E-state index >= 15 is 0 Å². The summed E-state index contributed by atoms with van der Waals surface area (Å²) in [6.07, 6.45) is -6.87. The number of phenols is 1. The van der Waals surface area contributed by atoms with Crippen molar-refractivity contribution in [2.24, 2.45) is 4.99 Å². The zero-order chi connectivity index (χ0) is 47.5. The molecule has 9 unspecified atom stereocenters. The Kier molecular flexibility index (Phi) is 14.3. The number of nitrogens with one attached hydrogen (secondary N) is 2. The molecule has 0 spiro atoms. The van der Waals surface area contributed by atoms with Crippen LogP contribution in [0.2, 0.25) is 0 Å². The number of hydrogen-bond donors (Lipinski definition) is 10. The van der Waals surface area contributed by atoms with E-state index in [4.69, 9.17) is 23.5 Å². The van der Waals surface area contributed by atoms with Crippen molar-refractivity contribution in [1.29, 1.82) is 0 Å². The minimum atomic E-state index is -3.39. The highest BCUT2D eigenvalue weighted by molar-refractivity contribution is 5.98. The largest absolute Gasteiger partial charge is 0.508 e. The summed E-state index contributed by atoms with van der Waals surface area (Å²) in [6, 6.07) is 13.4. The van der Waals surface area contributed by atoms with Gasteiger partial charge in [0.1, 0.15) is 54.6 Å². The van der Waals surface area contributed by atoms with Crippen LogP contribution in [-0.2, 0) is 28.7 Å². The van der Waals surface area contributed by atoms with Crippen LogP contribution in [0.4, 0.5) is 0 Å². The Morgan fingerprint density at radius 1 is 1.08 bits per heavy atom. The van der Waals surface area contributed by atoms with Gasteiger partial charge in [0.05, 0.1) is 17.1 Å². The number of carboxylic acid groups (broad SMARTS) is 1. The first-order valence-electron chi connectivity index (χ1n) is 20.9. The zero-order valence-electron chi connectivity index (χ0n) is 35.7. The Morgan fingerprint density at radius 2 is 1.80 bits per heavy atom. The molecule has 0 saturated carbocycles. The number of quaternary nitrogens is 1. The van der Waals surface area contributed by atoms with Crippen LogP contribution in [0.5, 0.6) is 11.5 Å². The predicted octanol–water partition coefficient (Wildman–Crippen LogP) is -0.454. The van der Waals surface area contributed by atoms with Crippen LogP contribution in [0, 0.1) is 13.8 Å². The molecule has 0 aliphatic carbocycles. The monoisotopic (exact) mass is 916 g/mol. The second-order valence-corrected chi connectivity index (χ2v) is 16.3. The first kappa shape index (κ1) is 47.8. The van der Waals surface area contributed by atoms with Crippen LogP contribution in [-0.4, -0.2) is 140 Å². The third kappa shape index (κ3) is 9.42. The van der Waals surface area contributed by atoms with Gasteiger partial charge in [0.15, 0.2) is 22.8 Å². The fourth-order valence-electron chi connectivity index (χ4n) is 8.34. The van der Waals surface area contributed by atoms with Gasteiger partial charge in [0, 0.05) is 43.0 Å². The number of carbonyl (C=O) groups excluding carboxylic acids is 2. The fourth-order valence-corrected chi connectivity index (χ4v) is 8.34. The van der Waals surface area contributed by atoms with Gasteiger partial charge in [-0.15, -0.1) is 0 Å².